The van der Waals surface area contributed by atoms with Crippen molar-refractivity contribution < 1.29 is 12.8 Å². The number of hydrogen-bond acceptors (Lipinski definition) is 3. The molecule has 0 aliphatic carbocycles. The number of sulfonamides is 1. The van der Waals surface area contributed by atoms with Crippen molar-refractivity contribution in [3.63, 3.8) is 0 Å². The van der Waals surface area contributed by atoms with E-state index >= 15 is 0 Å². The Balaban J connectivity index is 0.00000220. The van der Waals surface area contributed by atoms with Crippen LogP contribution in [0.25, 0.3) is 0 Å². The summed E-state index contributed by atoms with van der Waals surface area (Å²) in [4.78, 5) is -0.234. The van der Waals surface area contributed by atoms with Crippen molar-refractivity contribution in [2.45, 2.75) is 37.6 Å². The average Bonchev–Trinajstić information content (AvgIpc) is 2.38. The number of halogens is 2. The lowest BCUT2D eigenvalue weighted by atomic mass is 9.92. The molecule has 4 nitrogen and oxygen atoms in total. The van der Waals surface area contributed by atoms with E-state index in [1.165, 1.54) is 16.4 Å². The third-order valence-electron chi connectivity index (χ3n) is 3.95. The first-order valence-electron chi connectivity index (χ1n) is 6.84. The van der Waals surface area contributed by atoms with Gasteiger partial charge in [-0.3, -0.25) is 0 Å². The molecule has 0 aromatic heterocycles. The molecule has 2 rings (SSSR count). The first-order valence-corrected chi connectivity index (χ1v) is 8.28. The first kappa shape index (κ1) is 18.4. The van der Waals surface area contributed by atoms with E-state index < -0.39 is 15.8 Å². The third kappa shape index (κ3) is 3.94. The van der Waals surface area contributed by atoms with E-state index in [-0.39, 0.29) is 23.3 Å². The maximum atomic E-state index is 13.9. The topological polar surface area (TPSA) is 63.4 Å². The lowest BCUT2D eigenvalue weighted by molar-refractivity contribution is 0.250. The predicted molar refractivity (Wildman–Crippen MR) is 83.5 cm³/mol. The van der Waals surface area contributed by atoms with Crippen molar-refractivity contribution >= 4 is 22.4 Å². The Bertz CT molecular complexity index is 585. The Morgan fingerprint density at radius 3 is 2.38 bits per heavy atom. The van der Waals surface area contributed by atoms with E-state index in [4.69, 9.17) is 5.73 Å². The molecule has 1 fully saturated rings. The summed E-state index contributed by atoms with van der Waals surface area (Å²) in [5.41, 5.74) is 6.55. The van der Waals surface area contributed by atoms with Crippen molar-refractivity contribution in [2.75, 3.05) is 13.1 Å². The van der Waals surface area contributed by atoms with Crippen LogP contribution in [0.4, 0.5) is 4.39 Å². The zero-order valence-corrected chi connectivity index (χ0v) is 13.9. The van der Waals surface area contributed by atoms with Crippen LogP contribution >= 0.6 is 12.4 Å². The minimum atomic E-state index is -3.74. The largest absolute Gasteiger partial charge is 0.328 e. The molecule has 1 atom stereocenters. The van der Waals surface area contributed by atoms with Gasteiger partial charge in [-0.1, -0.05) is 6.07 Å². The van der Waals surface area contributed by atoms with Crippen molar-refractivity contribution in [2.24, 2.45) is 11.7 Å². The van der Waals surface area contributed by atoms with Crippen LogP contribution in [-0.2, 0) is 10.0 Å². The van der Waals surface area contributed by atoms with Crippen LogP contribution in [0.5, 0.6) is 0 Å². The molecule has 0 bridgehead atoms. The van der Waals surface area contributed by atoms with E-state index in [1.54, 1.807) is 13.0 Å². The van der Waals surface area contributed by atoms with Crippen LogP contribution in [0.1, 0.15) is 25.3 Å². The summed E-state index contributed by atoms with van der Waals surface area (Å²) < 4.78 is 40.1. The summed E-state index contributed by atoms with van der Waals surface area (Å²) in [6.07, 6.45) is 1.45. The fraction of sp³-hybridized carbons (Fsp3) is 0.571. The molecular weight excluding hydrogens is 315 g/mol. The molecule has 1 unspecified atom stereocenters. The molecule has 1 aliphatic rings. The molecule has 21 heavy (non-hydrogen) atoms. The quantitative estimate of drug-likeness (QED) is 0.921. The van der Waals surface area contributed by atoms with Gasteiger partial charge in [0.05, 0.1) is 0 Å². The second kappa shape index (κ2) is 7.05. The Labute approximate surface area is 132 Å². The molecule has 1 saturated heterocycles. The maximum Gasteiger partial charge on any atom is 0.245 e. The normalized spacial score (nSPS) is 19.0. The minimum absolute atomic E-state index is 0. The highest BCUT2D eigenvalue weighted by Gasteiger charge is 2.32. The number of rotatable bonds is 3. The molecule has 2 N–H and O–H groups in total. The van der Waals surface area contributed by atoms with Gasteiger partial charge in [-0.05, 0) is 50.3 Å². The fourth-order valence-corrected chi connectivity index (χ4v) is 4.11. The van der Waals surface area contributed by atoms with Gasteiger partial charge in [0.15, 0.2) is 0 Å². The second-order valence-corrected chi connectivity index (χ2v) is 7.44. The van der Waals surface area contributed by atoms with Gasteiger partial charge in [0.1, 0.15) is 10.7 Å². The van der Waals surface area contributed by atoms with Crippen molar-refractivity contribution in [1.29, 1.82) is 0 Å². The highest BCUT2D eigenvalue weighted by atomic mass is 35.5. The number of piperidine rings is 1. The summed E-state index contributed by atoms with van der Waals surface area (Å²) in [5, 5.41) is 0. The zero-order valence-electron chi connectivity index (χ0n) is 12.3. The highest BCUT2D eigenvalue weighted by molar-refractivity contribution is 7.89. The van der Waals surface area contributed by atoms with Crippen molar-refractivity contribution in [3.05, 3.63) is 29.6 Å². The van der Waals surface area contributed by atoms with E-state index in [2.05, 4.69) is 0 Å². The van der Waals surface area contributed by atoms with Crippen LogP contribution in [0.3, 0.4) is 0 Å². The average molecular weight is 337 g/mol. The monoisotopic (exact) mass is 336 g/mol. The number of hydrogen-bond donors (Lipinski definition) is 1. The number of nitrogens with two attached hydrogens (primary N) is 1. The summed E-state index contributed by atoms with van der Waals surface area (Å²) >= 11 is 0. The SMILES string of the molecule is Cc1ccc(S(=O)(=O)N2CCC(C(C)N)CC2)c(F)c1.Cl. The van der Waals surface area contributed by atoms with Gasteiger partial charge in [0.25, 0.3) is 0 Å². The van der Waals surface area contributed by atoms with Gasteiger partial charge in [-0.2, -0.15) is 4.31 Å². The lowest BCUT2D eigenvalue weighted by Crippen LogP contribution is -2.42. The van der Waals surface area contributed by atoms with Gasteiger partial charge in [0.2, 0.25) is 10.0 Å². The van der Waals surface area contributed by atoms with Crippen LogP contribution in [0, 0.1) is 18.7 Å². The van der Waals surface area contributed by atoms with Crippen LogP contribution in [-0.4, -0.2) is 31.9 Å². The van der Waals surface area contributed by atoms with Crippen molar-refractivity contribution in [1.82, 2.24) is 4.31 Å². The van der Waals surface area contributed by atoms with Gasteiger partial charge < -0.3 is 5.73 Å². The number of benzene rings is 1. The van der Waals surface area contributed by atoms with Gasteiger partial charge in [-0.15, -0.1) is 12.4 Å². The summed E-state index contributed by atoms with van der Waals surface area (Å²) in [6.45, 7) is 4.48. The van der Waals surface area contributed by atoms with E-state index in [9.17, 15) is 12.8 Å². The first-order chi connectivity index (χ1) is 9.32. The second-order valence-electron chi connectivity index (χ2n) is 5.53. The molecule has 1 aliphatic heterocycles. The van der Waals surface area contributed by atoms with E-state index in [0.717, 1.165) is 12.8 Å². The molecule has 1 aromatic rings. The number of nitrogens with zero attached hydrogens (tertiary/aromatic N) is 1. The van der Waals surface area contributed by atoms with E-state index in [0.29, 0.717) is 24.6 Å². The molecule has 120 valence electrons. The standard InChI is InChI=1S/C14H21FN2O2S.ClH/c1-10-3-4-14(13(15)9-10)20(18,19)17-7-5-12(6-8-17)11(2)16;/h3-4,9,11-12H,5-8,16H2,1-2H3;1H. The van der Waals surface area contributed by atoms with E-state index in [1.807, 2.05) is 6.92 Å². The molecule has 7 heteroatoms. The summed E-state index contributed by atoms with van der Waals surface area (Å²) in [7, 11) is -3.74. The molecule has 1 aromatic carbocycles. The third-order valence-corrected chi connectivity index (χ3v) is 5.88. The smallest absolute Gasteiger partial charge is 0.245 e. The molecule has 0 radical (unpaired) electrons. The highest BCUT2D eigenvalue weighted by Crippen LogP contribution is 2.26. The van der Waals surface area contributed by atoms with Crippen LogP contribution < -0.4 is 5.73 Å². The Morgan fingerprint density at radius 2 is 1.90 bits per heavy atom. The fourth-order valence-electron chi connectivity index (χ4n) is 2.60. The zero-order chi connectivity index (χ0) is 14.9. The summed E-state index contributed by atoms with van der Waals surface area (Å²) in [5.74, 6) is -0.344. The Kier molecular flexibility index (Phi) is 6.16. The van der Waals surface area contributed by atoms with Crippen LogP contribution in [0.15, 0.2) is 23.1 Å². The molecule has 0 amide bonds. The molecular formula is C14H22ClFN2O2S. The van der Waals surface area contributed by atoms with Gasteiger partial charge in [-0.25, -0.2) is 12.8 Å². The molecule has 1 heterocycles. The predicted octanol–water partition coefficient (Wildman–Crippen LogP) is 2.30. The van der Waals surface area contributed by atoms with Crippen molar-refractivity contribution in [3.8, 4) is 0 Å². The van der Waals surface area contributed by atoms with Gasteiger partial charge in [0, 0.05) is 19.1 Å². The Morgan fingerprint density at radius 1 is 1.33 bits per heavy atom. The Hall–Kier alpha value is -0.690. The van der Waals surface area contributed by atoms with Crippen LogP contribution in [0.2, 0.25) is 0 Å². The van der Waals surface area contributed by atoms with Gasteiger partial charge >= 0.3 is 0 Å². The minimum Gasteiger partial charge on any atom is -0.328 e. The number of aryl methyl sites for hydroxylation is 1. The maximum absolute atomic E-state index is 13.9. The lowest BCUT2D eigenvalue weighted by Gasteiger charge is -2.33. The molecule has 0 saturated carbocycles. The summed E-state index contributed by atoms with van der Waals surface area (Å²) in [6, 6.07) is 4.28. The molecule has 0 spiro atoms.